The van der Waals surface area contributed by atoms with Crippen LogP contribution in [0, 0.1) is 0 Å². The SMILES string of the molecule is c1ccc(-c2cccc(N(c3ccc(-c4cccc5c4-c4ccccc4C54c5ccccc5Oc5ccccc54)cc3)c3ccc4c(ccc5c6ccccc6oc45)c3)c2)cc1. The van der Waals surface area contributed by atoms with E-state index in [1.807, 2.05) is 12.1 Å². The van der Waals surface area contributed by atoms with Crippen LogP contribution in [0.5, 0.6) is 11.5 Å². The van der Waals surface area contributed by atoms with E-state index in [-0.39, 0.29) is 0 Å². The van der Waals surface area contributed by atoms with Crippen molar-refractivity contribution < 1.29 is 9.15 Å². The largest absolute Gasteiger partial charge is 0.457 e. The Morgan fingerprint density at radius 1 is 0.355 bits per heavy atom. The summed E-state index contributed by atoms with van der Waals surface area (Å²) in [5.41, 5.74) is 16.7. The average molecular weight is 792 g/mol. The quantitative estimate of drug-likeness (QED) is 0.174. The highest BCUT2D eigenvalue weighted by molar-refractivity contribution is 6.15. The molecule has 0 saturated heterocycles. The van der Waals surface area contributed by atoms with Gasteiger partial charge in [-0.2, -0.15) is 0 Å². The van der Waals surface area contributed by atoms with Gasteiger partial charge in [-0.25, -0.2) is 0 Å². The van der Waals surface area contributed by atoms with Crippen LogP contribution in [0.15, 0.2) is 229 Å². The van der Waals surface area contributed by atoms with E-state index in [2.05, 4.69) is 217 Å². The van der Waals surface area contributed by atoms with Crippen molar-refractivity contribution in [3.63, 3.8) is 0 Å². The van der Waals surface area contributed by atoms with E-state index in [1.54, 1.807) is 0 Å². The van der Waals surface area contributed by atoms with Crippen LogP contribution >= 0.6 is 0 Å². The number of nitrogens with zero attached hydrogens (tertiary/aromatic N) is 1. The van der Waals surface area contributed by atoms with Crippen molar-refractivity contribution >= 4 is 49.8 Å². The normalized spacial score (nSPS) is 13.1. The summed E-state index contributed by atoms with van der Waals surface area (Å²) >= 11 is 0. The lowest BCUT2D eigenvalue weighted by molar-refractivity contribution is 0.436. The number of ether oxygens (including phenoxy) is 1. The molecule has 10 aromatic carbocycles. The first-order valence-corrected chi connectivity index (χ1v) is 21.2. The Kier molecular flexibility index (Phi) is 7.52. The smallest absolute Gasteiger partial charge is 0.143 e. The molecule has 0 saturated carbocycles. The third-order valence-corrected chi connectivity index (χ3v) is 13.1. The van der Waals surface area contributed by atoms with Crippen molar-refractivity contribution in [3.05, 3.63) is 247 Å². The van der Waals surface area contributed by atoms with Gasteiger partial charge in [0.15, 0.2) is 0 Å². The maximum absolute atomic E-state index is 6.60. The van der Waals surface area contributed by atoms with Gasteiger partial charge in [0.05, 0.1) is 5.41 Å². The number of hydrogen-bond acceptors (Lipinski definition) is 3. The van der Waals surface area contributed by atoms with Crippen LogP contribution in [-0.2, 0) is 5.41 Å². The zero-order valence-corrected chi connectivity index (χ0v) is 33.6. The monoisotopic (exact) mass is 791 g/mol. The van der Waals surface area contributed by atoms with Gasteiger partial charge in [0.1, 0.15) is 22.7 Å². The number of furan rings is 1. The molecule has 0 unspecified atom stereocenters. The van der Waals surface area contributed by atoms with E-state index >= 15 is 0 Å². The third kappa shape index (κ3) is 5.00. The second-order valence-corrected chi connectivity index (χ2v) is 16.4. The summed E-state index contributed by atoms with van der Waals surface area (Å²) in [7, 11) is 0. The molecule has 13 rings (SSSR count). The van der Waals surface area contributed by atoms with Crippen molar-refractivity contribution in [1.82, 2.24) is 0 Å². The molecule has 11 aromatic rings. The lowest BCUT2D eigenvalue weighted by Crippen LogP contribution is -2.32. The predicted octanol–water partition coefficient (Wildman–Crippen LogP) is 16.0. The predicted molar refractivity (Wildman–Crippen MR) is 254 cm³/mol. The summed E-state index contributed by atoms with van der Waals surface area (Å²) < 4.78 is 13.1. The zero-order chi connectivity index (χ0) is 40.8. The molecule has 290 valence electrons. The van der Waals surface area contributed by atoms with Crippen molar-refractivity contribution in [2.24, 2.45) is 0 Å². The van der Waals surface area contributed by atoms with E-state index in [0.717, 1.165) is 72.4 Å². The standard InChI is InChI=1S/C59H37NO2/c1-2-14-38(15-3-1)40-16-12-17-43(36-40)60(44-33-35-46-41(37-44)30-34-48-47-18-5-9-25-54(47)62-58(46)48)42-31-28-39(29-32-42)45-20-13-24-53-57(45)49-19-4-6-21-50(49)59(53)51-22-7-10-26-55(51)61-56-27-11-8-23-52(56)59/h1-37H. The highest BCUT2D eigenvalue weighted by Gasteiger charge is 2.51. The molecule has 0 N–H and O–H groups in total. The number of rotatable bonds is 5. The summed E-state index contributed by atoms with van der Waals surface area (Å²) in [6.45, 7) is 0. The molecule has 0 bridgehead atoms. The summed E-state index contributed by atoms with van der Waals surface area (Å²) in [6.07, 6.45) is 0. The van der Waals surface area contributed by atoms with E-state index in [1.165, 1.54) is 44.5 Å². The van der Waals surface area contributed by atoms with E-state index in [0.29, 0.717) is 0 Å². The lowest BCUT2D eigenvalue weighted by Gasteiger charge is -2.39. The molecule has 1 spiro atoms. The number of fused-ring (bicyclic) bond motifs is 14. The first-order chi connectivity index (χ1) is 30.7. The van der Waals surface area contributed by atoms with Gasteiger partial charge < -0.3 is 14.1 Å². The van der Waals surface area contributed by atoms with Crippen molar-refractivity contribution in [2.45, 2.75) is 5.41 Å². The zero-order valence-electron chi connectivity index (χ0n) is 33.6. The summed E-state index contributed by atoms with van der Waals surface area (Å²) in [5.74, 6) is 1.80. The maximum Gasteiger partial charge on any atom is 0.143 e. The molecule has 0 radical (unpaired) electrons. The van der Waals surface area contributed by atoms with Crippen LogP contribution in [0.4, 0.5) is 17.1 Å². The van der Waals surface area contributed by atoms with Gasteiger partial charge in [-0.15, -0.1) is 0 Å². The van der Waals surface area contributed by atoms with Crippen molar-refractivity contribution in [2.75, 3.05) is 4.90 Å². The second-order valence-electron chi connectivity index (χ2n) is 16.4. The highest BCUT2D eigenvalue weighted by atomic mass is 16.5. The molecule has 62 heavy (non-hydrogen) atoms. The Balaban J connectivity index is 0.974. The van der Waals surface area contributed by atoms with Crippen molar-refractivity contribution in [1.29, 1.82) is 0 Å². The van der Waals surface area contributed by atoms with E-state index < -0.39 is 5.41 Å². The summed E-state index contributed by atoms with van der Waals surface area (Å²) in [4.78, 5) is 2.37. The summed E-state index contributed by atoms with van der Waals surface area (Å²) in [6, 6.07) is 80.9. The van der Waals surface area contributed by atoms with Crippen LogP contribution in [0.25, 0.3) is 66.1 Å². The molecule has 2 heterocycles. The lowest BCUT2D eigenvalue weighted by atomic mass is 9.66. The van der Waals surface area contributed by atoms with Crippen LogP contribution in [-0.4, -0.2) is 0 Å². The molecule has 2 aliphatic rings. The Morgan fingerprint density at radius 2 is 0.968 bits per heavy atom. The van der Waals surface area contributed by atoms with Crippen LogP contribution in [0.2, 0.25) is 0 Å². The van der Waals surface area contributed by atoms with Crippen LogP contribution < -0.4 is 9.64 Å². The van der Waals surface area contributed by atoms with Gasteiger partial charge in [-0.1, -0.05) is 158 Å². The molecular weight excluding hydrogens is 755 g/mol. The molecule has 1 aliphatic carbocycles. The molecule has 1 aliphatic heterocycles. The number of benzene rings is 10. The van der Waals surface area contributed by atoms with Gasteiger partial charge in [0.2, 0.25) is 0 Å². The van der Waals surface area contributed by atoms with Gasteiger partial charge >= 0.3 is 0 Å². The number of hydrogen-bond donors (Lipinski definition) is 0. The Bertz CT molecular complexity index is 3520. The Morgan fingerprint density at radius 3 is 1.79 bits per heavy atom. The fourth-order valence-corrected chi connectivity index (χ4v) is 10.5. The second kappa shape index (κ2) is 13.4. The number of para-hydroxylation sites is 3. The summed E-state index contributed by atoms with van der Waals surface area (Å²) in [5, 5.41) is 4.49. The van der Waals surface area contributed by atoms with Gasteiger partial charge in [0, 0.05) is 44.3 Å². The minimum Gasteiger partial charge on any atom is -0.457 e. The third-order valence-electron chi connectivity index (χ3n) is 13.1. The van der Waals surface area contributed by atoms with E-state index in [9.17, 15) is 0 Å². The van der Waals surface area contributed by atoms with Gasteiger partial charge in [0.25, 0.3) is 0 Å². The van der Waals surface area contributed by atoms with Crippen LogP contribution in [0.3, 0.4) is 0 Å². The molecule has 0 amide bonds. The Labute approximate surface area is 359 Å². The minimum atomic E-state index is -0.516. The van der Waals surface area contributed by atoms with Gasteiger partial charge in [-0.05, 0) is 117 Å². The molecule has 0 fully saturated rings. The molecule has 1 aromatic heterocycles. The fourth-order valence-electron chi connectivity index (χ4n) is 10.5. The fraction of sp³-hybridized carbons (Fsp3) is 0.0169. The van der Waals surface area contributed by atoms with E-state index in [4.69, 9.17) is 9.15 Å². The maximum atomic E-state index is 6.60. The molecule has 3 heteroatoms. The van der Waals surface area contributed by atoms with Crippen molar-refractivity contribution in [3.8, 4) is 44.9 Å². The average Bonchev–Trinajstić information content (AvgIpc) is 3.87. The molecule has 3 nitrogen and oxygen atoms in total. The topological polar surface area (TPSA) is 25.6 Å². The Hall–Kier alpha value is -8.14. The first kappa shape index (κ1) is 34.7. The minimum absolute atomic E-state index is 0.516. The molecular formula is C59H37NO2. The van der Waals surface area contributed by atoms with Gasteiger partial charge in [-0.3, -0.25) is 0 Å². The highest BCUT2D eigenvalue weighted by Crippen LogP contribution is 2.63. The number of anilines is 3. The first-order valence-electron chi connectivity index (χ1n) is 21.2. The molecule has 0 atom stereocenters. The van der Waals surface area contributed by atoms with Crippen LogP contribution in [0.1, 0.15) is 22.3 Å².